The molecule has 0 atom stereocenters. The summed E-state index contributed by atoms with van der Waals surface area (Å²) in [6.45, 7) is 0. The Balaban J connectivity index is 2.99. The Morgan fingerprint density at radius 3 is 2.45 bits per heavy atom. The van der Waals surface area contributed by atoms with Gasteiger partial charge in [-0.2, -0.15) is 0 Å². The molecule has 0 spiro atoms. The van der Waals surface area contributed by atoms with Gasteiger partial charge in [0.1, 0.15) is 0 Å². The van der Waals surface area contributed by atoms with Gasteiger partial charge in [0, 0.05) is 6.07 Å². The molecule has 0 radical (unpaired) electrons. The molecule has 0 saturated heterocycles. The van der Waals surface area contributed by atoms with Gasteiger partial charge >= 0.3 is 0 Å². The van der Waals surface area contributed by atoms with E-state index in [-0.39, 0.29) is 0 Å². The highest BCUT2D eigenvalue weighted by molar-refractivity contribution is 9.10. The maximum atomic E-state index is 4.98. The summed E-state index contributed by atoms with van der Waals surface area (Å²) < 4.78 is 10.5. The van der Waals surface area contributed by atoms with Crippen LogP contribution < -0.4 is 9.47 Å². The van der Waals surface area contributed by atoms with Gasteiger partial charge in [-0.1, -0.05) is 0 Å². The van der Waals surface area contributed by atoms with E-state index in [2.05, 4.69) is 20.9 Å². The maximum absolute atomic E-state index is 4.98. The zero-order valence-corrected chi connectivity index (χ0v) is 7.88. The topological polar surface area (TPSA) is 31.4 Å². The second-order valence-corrected chi connectivity index (χ2v) is 2.60. The number of methoxy groups -OCH3 is 2. The van der Waals surface area contributed by atoms with E-state index in [9.17, 15) is 0 Å². The van der Waals surface area contributed by atoms with Crippen molar-refractivity contribution in [2.45, 2.75) is 0 Å². The van der Waals surface area contributed by atoms with Gasteiger partial charge in [-0.15, -0.1) is 0 Å². The van der Waals surface area contributed by atoms with E-state index in [0.717, 1.165) is 0 Å². The Morgan fingerprint density at radius 2 is 2.00 bits per heavy atom. The number of nitrogens with zero attached hydrogens (tertiary/aromatic N) is 1. The Morgan fingerprint density at radius 1 is 1.27 bits per heavy atom. The first-order chi connectivity index (χ1) is 5.27. The fourth-order valence-corrected chi connectivity index (χ4v) is 1.14. The molecule has 1 heterocycles. The van der Waals surface area contributed by atoms with Crippen molar-refractivity contribution in [1.29, 1.82) is 0 Å². The van der Waals surface area contributed by atoms with Gasteiger partial charge in [0.05, 0.1) is 14.2 Å². The number of ether oxygens (including phenoxy) is 2. The third kappa shape index (κ3) is 1.83. The molecule has 0 aromatic carbocycles. The van der Waals surface area contributed by atoms with Crippen molar-refractivity contribution in [2.75, 3.05) is 14.2 Å². The summed E-state index contributed by atoms with van der Waals surface area (Å²) in [5, 5.41) is 0. The number of aromatic nitrogens is 1. The second kappa shape index (κ2) is 3.57. The standard InChI is InChI=1S/C7H8BrNO2/c1-10-5-3-4-6(11-2)9-7(5)8/h3-4H,1-2H3. The third-order valence-corrected chi connectivity index (χ3v) is 1.79. The van der Waals surface area contributed by atoms with Gasteiger partial charge in [-0.25, -0.2) is 4.98 Å². The van der Waals surface area contributed by atoms with E-state index in [4.69, 9.17) is 9.47 Å². The molecule has 11 heavy (non-hydrogen) atoms. The molecule has 1 rings (SSSR count). The van der Waals surface area contributed by atoms with Crippen molar-refractivity contribution in [3.05, 3.63) is 16.7 Å². The first kappa shape index (κ1) is 8.33. The summed E-state index contributed by atoms with van der Waals surface area (Å²) >= 11 is 3.23. The number of halogens is 1. The van der Waals surface area contributed by atoms with Crippen LogP contribution in [0, 0.1) is 0 Å². The van der Waals surface area contributed by atoms with Crippen LogP contribution in [-0.4, -0.2) is 19.2 Å². The van der Waals surface area contributed by atoms with E-state index >= 15 is 0 Å². The van der Waals surface area contributed by atoms with Gasteiger partial charge in [0.25, 0.3) is 0 Å². The predicted octanol–water partition coefficient (Wildman–Crippen LogP) is 1.86. The Kier molecular flexibility index (Phi) is 2.70. The monoisotopic (exact) mass is 217 g/mol. The summed E-state index contributed by atoms with van der Waals surface area (Å²) in [7, 11) is 3.16. The highest BCUT2D eigenvalue weighted by Crippen LogP contribution is 2.24. The lowest BCUT2D eigenvalue weighted by atomic mass is 10.4. The molecule has 0 bridgehead atoms. The van der Waals surface area contributed by atoms with Gasteiger partial charge in [-0.3, -0.25) is 0 Å². The quantitative estimate of drug-likeness (QED) is 0.710. The van der Waals surface area contributed by atoms with E-state index in [1.165, 1.54) is 0 Å². The molecular formula is C7H8BrNO2. The second-order valence-electron chi connectivity index (χ2n) is 1.85. The van der Waals surface area contributed by atoms with Crippen molar-refractivity contribution in [1.82, 2.24) is 4.98 Å². The van der Waals surface area contributed by atoms with Gasteiger partial charge < -0.3 is 9.47 Å². The fourth-order valence-electron chi connectivity index (χ4n) is 0.671. The van der Waals surface area contributed by atoms with Crippen LogP contribution in [0.2, 0.25) is 0 Å². The minimum Gasteiger partial charge on any atom is -0.494 e. The van der Waals surface area contributed by atoms with Crippen molar-refractivity contribution in [3.63, 3.8) is 0 Å². The predicted molar refractivity (Wildman–Crippen MR) is 45.0 cm³/mol. The minimum atomic E-state index is 0.567. The molecule has 0 aliphatic rings. The molecule has 0 aliphatic heterocycles. The highest BCUT2D eigenvalue weighted by Gasteiger charge is 2.01. The Labute approximate surface area is 73.5 Å². The molecule has 0 unspecified atom stereocenters. The van der Waals surface area contributed by atoms with E-state index < -0.39 is 0 Å². The average Bonchev–Trinajstić information content (AvgIpc) is 2.04. The third-order valence-electron chi connectivity index (χ3n) is 1.22. The molecule has 1 aromatic rings. The molecule has 4 heteroatoms. The lowest BCUT2D eigenvalue weighted by molar-refractivity contribution is 0.384. The normalized spacial score (nSPS) is 9.36. The number of pyridine rings is 1. The zero-order chi connectivity index (χ0) is 8.27. The van der Waals surface area contributed by atoms with E-state index in [0.29, 0.717) is 16.2 Å². The van der Waals surface area contributed by atoms with Crippen LogP contribution in [0.1, 0.15) is 0 Å². The first-order valence-corrected chi connectivity index (χ1v) is 3.81. The zero-order valence-electron chi connectivity index (χ0n) is 6.30. The van der Waals surface area contributed by atoms with Crippen LogP contribution in [0.25, 0.3) is 0 Å². The first-order valence-electron chi connectivity index (χ1n) is 3.02. The van der Waals surface area contributed by atoms with Crippen molar-refractivity contribution < 1.29 is 9.47 Å². The van der Waals surface area contributed by atoms with Gasteiger partial charge in [0.15, 0.2) is 10.4 Å². The van der Waals surface area contributed by atoms with Gasteiger partial charge in [-0.05, 0) is 22.0 Å². The van der Waals surface area contributed by atoms with Crippen LogP contribution in [0.4, 0.5) is 0 Å². The molecule has 0 amide bonds. The molecular weight excluding hydrogens is 210 g/mol. The summed E-state index contributed by atoms with van der Waals surface area (Å²) in [4.78, 5) is 4.03. The lowest BCUT2D eigenvalue weighted by Crippen LogP contribution is -1.90. The summed E-state index contributed by atoms with van der Waals surface area (Å²) in [6, 6.07) is 3.53. The number of hydrogen-bond acceptors (Lipinski definition) is 3. The summed E-state index contributed by atoms with van der Waals surface area (Å²) in [5.74, 6) is 1.27. The smallest absolute Gasteiger partial charge is 0.214 e. The van der Waals surface area contributed by atoms with Crippen LogP contribution in [0.5, 0.6) is 11.6 Å². The van der Waals surface area contributed by atoms with Crippen molar-refractivity contribution in [3.8, 4) is 11.6 Å². The molecule has 0 N–H and O–H groups in total. The van der Waals surface area contributed by atoms with Crippen LogP contribution >= 0.6 is 15.9 Å². The molecule has 3 nitrogen and oxygen atoms in total. The highest BCUT2D eigenvalue weighted by atomic mass is 79.9. The SMILES string of the molecule is COc1ccc(OC)c(Br)n1. The summed E-state index contributed by atoms with van der Waals surface area (Å²) in [6.07, 6.45) is 0. The van der Waals surface area contributed by atoms with Crippen LogP contribution in [0.3, 0.4) is 0 Å². The van der Waals surface area contributed by atoms with Crippen LogP contribution in [-0.2, 0) is 0 Å². The van der Waals surface area contributed by atoms with Gasteiger partial charge in [0.2, 0.25) is 5.88 Å². The molecule has 0 aliphatic carbocycles. The van der Waals surface area contributed by atoms with E-state index in [1.54, 1.807) is 26.4 Å². The Hall–Kier alpha value is -0.770. The van der Waals surface area contributed by atoms with Crippen molar-refractivity contribution in [2.24, 2.45) is 0 Å². The largest absolute Gasteiger partial charge is 0.494 e. The lowest BCUT2D eigenvalue weighted by Gasteiger charge is -2.03. The molecule has 0 saturated carbocycles. The molecule has 60 valence electrons. The van der Waals surface area contributed by atoms with Crippen LogP contribution in [0.15, 0.2) is 16.7 Å². The number of rotatable bonds is 2. The maximum Gasteiger partial charge on any atom is 0.214 e. The van der Waals surface area contributed by atoms with Crippen molar-refractivity contribution >= 4 is 15.9 Å². The average molecular weight is 218 g/mol. The Bertz CT molecular complexity index is 252. The minimum absolute atomic E-state index is 0.567. The number of hydrogen-bond donors (Lipinski definition) is 0. The molecule has 1 aromatic heterocycles. The summed E-state index contributed by atoms with van der Waals surface area (Å²) in [5.41, 5.74) is 0. The fraction of sp³-hybridized carbons (Fsp3) is 0.286. The molecule has 0 fully saturated rings. The van der Waals surface area contributed by atoms with E-state index in [1.807, 2.05) is 0 Å².